The SMILES string of the molecule is C1=CCC(c2nc(-c3ccccc3)cc(-c3cccc(-c4cccc(C5=CC6c7ccccc7C(c7ccccc7)(c7ccc8oc(-c9ccccc9)nc8c7)C6C=C5)c4)c3)n2)C=C1. The number of fused-ring (bicyclic) bond motifs is 4. The van der Waals surface area contributed by atoms with Gasteiger partial charge in [0.05, 0.1) is 16.8 Å². The van der Waals surface area contributed by atoms with Crippen LogP contribution in [0.5, 0.6) is 0 Å². The molecule has 4 unspecified atom stereocenters. The van der Waals surface area contributed by atoms with Crippen LogP contribution in [-0.2, 0) is 5.41 Å². The molecule has 0 aliphatic heterocycles. The van der Waals surface area contributed by atoms with E-state index in [4.69, 9.17) is 19.4 Å². The molecule has 9 aromatic rings. The van der Waals surface area contributed by atoms with Crippen LogP contribution >= 0.6 is 0 Å². The number of rotatable bonds is 8. The maximum atomic E-state index is 6.32. The van der Waals surface area contributed by atoms with Crippen LogP contribution in [0.4, 0.5) is 0 Å². The second kappa shape index (κ2) is 15.7. The normalized spacial score (nSPS) is 19.6. The Kier molecular flexibility index (Phi) is 9.30. The zero-order valence-corrected chi connectivity index (χ0v) is 35.1. The predicted octanol–water partition coefficient (Wildman–Crippen LogP) is 14.6. The van der Waals surface area contributed by atoms with E-state index in [1.165, 1.54) is 33.4 Å². The Hall–Kier alpha value is -7.95. The van der Waals surface area contributed by atoms with Gasteiger partial charge in [0.2, 0.25) is 5.89 Å². The summed E-state index contributed by atoms with van der Waals surface area (Å²) in [5.41, 5.74) is 16.1. The van der Waals surface area contributed by atoms with E-state index in [9.17, 15) is 0 Å². The molecule has 3 aliphatic rings. The Morgan fingerprint density at radius 2 is 1.16 bits per heavy atom. The van der Waals surface area contributed by atoms with Crippen LogP contribution in [0.2, 0.25) is 0 Å². The highest BCUT2D eigenvalue weighted by atomic mass is 16.3. The summed E-state index contributed by atoms with van der Waals surface area (Å²) >= 11 is 0. The topological polar surface area (TPSA) is 51.8 Å². The van der Waals surface area contributed by atoms with Crippen molar-refractivity contribution in [1.29, 1.82) is 0 Å². The van der Waals surface area contributed by atoms with Gasteiger partial charge in [0.15, 0.2) is 5.58 Å². The van der Waals surface area contributed by atoms with E-state index in [-0.39, 0.29) is 17.8 Å². The lowest BCUT2D eigenvalue weighted by Crippen LogP contribution is -2.35. The zero-order chi connectivity index (χ0) is 42.5. The fourth-order valence-electron chi connectivity index (χ4n) is 10.4. The van der Waals surface area contributed by atoms with Crippen LogP contribution in [0.3, 0.4) is 0 Å². The van der Waals surface area contributed by atoms with Crippen molar-refractivity contribution in [2.75, 3.05) is 0 Å². The molecule has 0 N–H and O–H groups in total. The molecule has 4 nitrogen and oxygen atoms in total. The molecule has 2 aromatic heterocycles. The van der Waals surface area contributed by atoms with Crippen LogP contribution in [0.15, 0.2) is 235 Å². The first-order chi connectivity index (χ1) is 31.7. The Balaban J connectivity index is 0.918. The zero-order valence-electron chi connectivity index (χ0n) is 35.1. The first-order valence-corrected chi connectivity index (χ1v) is 22.2. The van der Waals surface area contributed by atoms with E-state index in [0.717, 1.165) is 62.6 Å². The predicted molar refractivity (Wildman–Crippen MR) is 260 cm³/mol. The molecule has 0 saturated carbocycles. The van der Waals surface area contributed by atoms with E-state index in [2.05, 4.69) is 194 Å². The molecule has 2 heterocycles. The highest BCUT2D eigenvalue weighted by molar-refractivity contribution is 5.83. The third-order valence-electron chi connectivity index (χ3n) is 13.4. The first kappa shape index (κ1) is 37.8. The van der Waals surface area contributed by atoms with Crippen molar-refractivity contribution in [2.45, 2.75) is 23.7 Å². The molecule has 0 amide bonds. The van der Waals surface area contributed by atoms with Crippen molar-refractivity contribution in [3.63, 3.8) is 0 Å². The van der Waals surface area contributed by atoms with Crippen molar-refractivity contribution in [1.82, 2.24) is 15.0 Å². The molecule has 0 spiro atoms. The molecule has 4 heteroatoms. The van der Waals surface area contributed by atoms with Gasteiger partial charge in [-0.3, -0.25) is 0 Å². The number of allylic oxidation sites excluding steroid dienone is 8. The van der Waals surface area contributed by atoms with Gasteiger partial charge in [-0.25, -0.2) is 15.0 Å². The lowest BCUT2D eigenvalue weighted by atomic mass is 9.62. The van der Waals surface area contributed by atoms with E-state index < -0.39 is 5.41 Å². The number of aromatic nitrogens is 3. The summed E-state index contributed by atoms with van der Waals surface area (Å²) in [6.07, 6.45) is 16.8. The summed E-state index contributed by atoms with van der Waals surface area (Å²) in [5.74, 6) is 1.90. The standard InChI is InChI=1S/C60H43N3O/c1-5-17-40(18-6-1)54-39-55(62-58(61-54)41-19-7-2-8-20-41)47-26-16-25-45(36-47)43-23-15-24-44(35-43)46-31-33-53-51(37-46)50-29-13-14-30-52(50)60(53,48-27-11-4-12-28-48)49-32-34-57-56(38-49)63-59(64-57)42-21-9-3-10-22-42/h1-19,21-39,41,51,53H,20H2. The van der Waals surface area contributed by atoms with Crippen molar-refractivity contribution in [3.05, 3.63) is 264 Å². The van der Waals surface area contributed by atoms with Gasteiger partial charge in [0.25, 0.3) is 0 Å². The minimum atomic E-state index is -0.450. The Bertz CT molecular complexity index is 3320. The van der Waals surface area contributed by atoms with Crippen molar-refractivity contribution >= 4 is 16.7 Å². The number of benzene rings is 7. The molecule has 0 fully saturated rings. The summed E-state index contributed by atoms with van der Waals surface area (Å²) in [6, 6.07) is 67.2. The monoisotopic (exact) mass is 821 g/mol. The fourth-order valence-corrected chi connectivity index (χ4v) is 10.4. The average molecular weight is 822 g/mol. The van der Waals surface area contributed by atoms with Gasteiger partial charge in [-0.15, -0.1) is 0 Å². The molecular formula is C60H43N3O. The Morgan fingerprint density at radius 1 is 0.500 bits per heavy atom. The third-order valence-corrected chi connectivity index (χ3v) is 13.4. The lowest BCUT2D eigenvalue weighted by Gasteiger charge is -2.39. The number of oxazole rings is 1. The second-order valence-electron chi connectivity index (χ2n) is 17.0. The average Bonchev–Trinajstić information content (AvgIpc) is 3.95. The van der Waals surface area contributed by atoms with Gasteiger partial charge >= 0.3 is 0 Å². The summed E-state index contributed by atoms with van der Waals surface area (Å²) < 4.78 is 6.32. The maximum absolute atomic E-state index is 6.32. The van der Waals surface area contributed by atoms with E-state index >= 15 is 0 Å². The van der Waals surface area contributed by atoms with Crippen LogP contribution in [-0.4, -0.2) is 15.0 Å². The minimum absolute atomic E-state index is 0.132. The Morgan fingerprint density at radius 3 is 1.92 bits per heavy atom. The highest BCUT2D eigenvalue weighted by Gasteiger charge is 2.53. The number of hydrogen-bond acceptors (Lipinski definition) is 4. The van der Waals surface area contributed by atoms with Crippen molar-refractivity contribution in [2.24, 2.45) is 5.92 Å². The third kappa shape index (κ3) is 6.49. The molecular weight excluding hydrogens is 779 g/mol. The van der Waals surface area contributed by atoms with Crippen LogP contribution in [0.25, 0.3) is 61.8 Å². The molecule has 304 valence electrons. The largest absolute Gasteiger partial charge is 0.436 e. The van der Waals surface area contributed by atoms with Crippen LogP contribution in [0, 0.1) is 5.92 Å². The molecule has 64 heavy (non-hydrogen) atoms. The summed E-state index contributed by atoms with van der Waals surface area (Å²) in [6.45, 7) is 0. The van der Waals surface area contributed by atoms with Crippen LogP contribution < -0.4 is 0 Å². The maximum Gasteiger partial charge on any atom is 0.227 e. The lowest BCUT2D eigenvalue weighted by molar-refractivity contribution is 0.458. The second-order valence-corrected chi connectivity index (χ2v) is 17.0. The highest BCUT2D eigenvalue weighted by Crippen LogP contribution is 2.60. The van der Waals surface area contributed by atoms with E-state index in [1.54, 1.807) is 0 Å². The van der Waals surface area contributed by atoms with Crippen molar-refractivity contribution in [3.8, 4) is 45.1 Å². The van der Waals surface area contributed by atoms with E-state index in [0.29, 0.717) is 5.89 Å². The number of nitrogens with zero attached hydrogens (tertiary/aromatic N) is 3. The van der Waals surface area contributed by atoms with Crippen molar-refractivity contribution < 1.29 is 4.42 Å². The van der Waals surface area contributed by atoms with Gasteiger partial charge in [-0.1, -0.05) is 188 Å². The fraction of sp³-hybridized carbons (Fsp3) is 0.0833. The summed E-state index contributed by atoms with van der Waals surface area (Å²) in [7, 11) is 0. The first-order valence-electron chi connectivity index (χ1n) is 22.2. The van der Waals surface area contributed by atoms with Gasteiger partial charge in [0.1, 0.15) is 11.3 Å². The number of hydrogen-bond donors (Lipinski definition) is 0. The van der Waals surface area contributed by atoms with E-state index in [1.807, 2.05) is 36.4 Å². The minimum Gasteiger partial charge on any atom is -0.436 e. The van der Waals surface area contributed by atoms with Gasteiger partial charge in [-0.05, 0) is 93.4 Å². The molecule has 7 aromatic carbocycles. The smallest absolute Gasteiger partial charge is 0.227 e. The Labute approximate surface area is 373 Å². The van der Waals surface area contributed by atoms with Gasteiger partial charge in [0, 0.05) is 34.4 Å². The molecule has 4 atom stereocenters. The molecule has 0 radical (unpaired) electrons. The molecule has 0 saturated heterocycles. The summed E-state index contributed by atoms with van der Waals surface area (Å²) in [5, 5.41) is 0. The van der Waals surface area contributed by atoms with Crippen LogP contribution in [0.1, 0.15) is 51.9 Å². The molecule has 3 aliphatic carbocycles. The van der Waals surface area contributed by atoms with Gasteiger partial charge < -0.3 is 4.42 Å². The molecule has 12 rings (SSSR count). The summed E-state index contributed by atoms with van der Waals surface area (Å²) in [4.78, 5) is 15.3. The van der Waals surface area contributed by atoms with Gasteiger partial charge in [-0.2, -0.15) is 0 Å². The quantitative estimate of drug-likeness (QED) is 0.153. The molecule has 0 bridgehead atoms.